The van der Waals surface area contributed by atoms with Gasteiger partial charge in [-0.2, -0.15) is 0 Å². The van der Waals surface area contributed by atoms with Gasteiger partial charge in [-0.25, -0.2) is 5.84 Å². The first kappa shape index (κ1) is 9.76. The summed E-state index contributed by atoms with van der Waals surface area (Å²) >= 11 is 0. The Labute approximate surface area is 76.3 Å². The van der Waals surface area contributed by atoms with Crippen molar-refractivity contribution in [2.75, 3.05) is 0 Å². The highest BCUT2D eigenvalue weighted by Gasteiger charge is 2.10. The fourth-order valence-corrected chi connectivity index (χ4v) is 0.885. The Kier molecular flexibility index (Phi) is 3.48. The smallest absolute Gasteiger partial charge is 0.250 e. The van der Waals surface area contributed by atoms with Gasteiger partial charge in [-0.1, -0.05) is 0 Å². The summed E-state index contributed by atoms with van der Waals surface area (Å²) < 4.78 is 5.07. The number of furan rings is 1. The van der Waals surface area contributed by atoms with Gasteiger partial charge in [-0.05, 0) is 19.1 Å². The Morgan fingerprint density at radius 2 is 2.54 bits per heavy atom. The van der Waals surface area contributed by atoms with Crippen molar-refractivity contribution in [3.05, 3.63) is 24.2 Å². The second-order valence-electron chi connectivity index (χ2n) is 2.69. The Morgan fingerprint density at radius 3 is 3.08 bits per heavy atom. The molecule has 0 aliphatic carbocycles. The lowest BCUT2D eigenvalue weighted by Gasteiger charge is -2.09. The van der Waals surface area contributed by atoms with Crippen molar-refractivity contribution >= 4 is 5.91 Å². The molecule has 0 aliphatic heterocycles. The topological polar surface area (TPSA) is 80.3 Å². The quantitative estimate of drug-likeness (QED) is 0.341. The molecule has 0 saturated heterocycles. The molecule has 5 heteroatoms. The molecule has 4 N–H and O–H groups in total. The van der Waals surface area contributed by atoms with Crippen LogP contribution in [-0.4, -0.2) is 11.9 Å². The normalized spacial score (nSPS) is 12.5. The van der Waals surface area contributed by atoms with Crippen molar-refractivity contribution in [1.82, 2.24) is 10.7 Å². The zero-order valence-electron chi connectivity index (χ0n) is 7.41. The number of hydrogen-bond donors (Lipinski definition) is 3. The van der Waals surface area contributed by atoms with E-state index in [1.165, 1.54) is 0 Å². The number of nitrogens with two attached hydrogens (primary N) is 1. The average Bonchev–Trinajstić information content (AvgIpc) is 2.65. The van der Waals surface area contributed by atoms with Gasteiger partial charge in [0.05, 0.1) is 18.8 Å². The van der Waals surface area contributed by atoms with E-state index in [0.717, 1.165) is 5.76 Å². The molecule has 1 rings (SSSR count). The molecule has 1 aromatic heterocycles. The van der Waals surface area contributed by atoms with Crippen molar-refractivity contribution in [2.45, 2.75) is 19.5 Å². The highest BCUT2D eigenvalue weighted by Crippen LogP contribution is 1.99. The van der Waals surface area contributed by atoms with Crippen LogP contribution in [0.25, 0.3) is 0 Å². The molecule has 1 atom stereocenters. The van der Waals surface area contributed by atoms with Crippen LogP contribution < -0.4 is 16.6 Å². The number of amides is 1. The minimum absolute atomic E-state index is 0.244. The molecule has 1 aromatic rings. The lowest BCUT2D eigenvalue weighted by molar-refractivity contribution is -0.122. The monoisotopic (exact) mass is 183 g/mol. The summed E-state index contributed by atoms with van der Waals surface area (Å²) in [5, 5.41) is 2.95. The van der Waals surface area contributed by atoms with E-state index in [2.05, 4.69) is 10.7 Å². The largest absolute Gasteiger partial charge is 0.468 e. The number of carbonyl (C=O) groups is 1. The Hall–Kier alpha value is -1.33. The van der Waals surface area contributed by atoms with E-state index in [4.69, 9.17) is 10.3 Å². The van der Waals surface area contributed by atoms with Gasteiger partial charge in [0.2, 0.25) is 0 Å². The SMILES string of the molecule is C[C@@H](NCc1ccco1)C(=O)NN. The van der Waals surface area contributed by atoms with Crippen LogP contribution in [-0.2, 0) is 11.3 Å². The minimum Gasteiger partial charge on any atom is -0.468 e. The molecule has 1 amide bonds. The molecule has 0 saturated carbocycles. The molecule has 0 aliphatic rings. The van der Waals surface area contributed by atoms with Gasteiger partial charge in [0.15, 0.2) is 0 Å². The van der Waals surface area contributed by atoms with Gasteiger partial charge in [0, 0.05) is 0 Å². The maximum atomic E-state index is 10.9. The van der Waals surface area contributed by atoms with E-state index in [0.29, 0.717) is 6.54 Å². The fourth-order valence-electron chi connectivity index (χ4n) is 0.885. The Bertz CT molecular complexity index is 258. The molecular formula is C8H13N3O2. The third-order valence-electron chi connectivity index (χ3n) is 1.70. The van der Waals surface area contributed by atoms with Crippen molar-refractivity contribution < 1.29 is 9.21 Å². The van der Waals surface area contributed by atoms with Crippen molar-refractivity contribution in [2.24, 2.45) is 5.84 Å². The molecule has 5 nitrogen and oxygen atoms in total. The summed E-state index contributed by atoms with van der Waals surface area (Å²) in [6.45, 7) is 2.24. The summed E-state index contributed by atoms with van der Waals surface area (Å²) in [4.78, 5) is 10.9. The van der Waals surface area contributed by atoms with Gasteiger partial charge in [0.1, 0.15) is 5.76 Å². The van der Waals surface area contributed by atoms with Crippen molar-refractivity contribution in [3.63, 3.8) is 0 Å². The Balaban J connectivity index is 2.30. The van der Waals surface area contributed by atoms with E-state index < -0.39 is 0 Å². The van der Waals surface area contributed by atoms with Crippen molar-refractivity contribution in [3.8, 4) is 0 Å². The van der Waals surface area contributed by atoms with Crippen LogP contribution in [0.15, 0.2) is 22.8 Å². The van der Waals surface area contributed by atoms with E-state index in [9.17, 15) is 4.79 Å². The summed E-state index contributed by atoms with van der Waals surface area (Å²) in [6, 6.07) is 3.31. The third kappa shape index (κ3) is 2.89. The number of hydrazine groups is 1. The summed E-state index contributed by atoms with van der Waals surface area (Å²) in [6.07, 6.45) is 1.59. The highest BCUT2D eigenvalue weighted by atomic mass is 16.3. The number of carbonyl (C=O) groups excluding carboxylic acids is 1. The van der Waals surface area contributed by atoms with Gasteiger partial charge in [-0.3, -0.25) is 15.5 Å². The van der Waals surface area contributed by atoms with Crippen LogP contribution in [0.2, 0.25) is 0 Å². The summed E-state index contributed by atoms with van der Waals surface area (Å²) in [5.74, 6) is 5.50. The second kappa shape index (κ2) is 4.64. The predicted octanol–water partition coefficient (Wildman–Crippen LogP) is -0.252. The maximum absolute atomic E-state index is 10.9. The highest BCUT2D eigenvalue weighted by molar-refractivity contribution is 5.80. The van der Waals surface area contributed by atoms with Crippen LogP contribution in [0.3, 0.4) is 0 Å². The van der Waals surface area contributed by atoms with Crippen LogP contribution in [0.1, 0.15) is 12.7 Å². The van der Waals surface area contributed by atoms with Gasteiger partial charge < -0.3 is 4.42 Å². The van der Waals surface area contributed by atoms with Gasteiger partial charge in [0.25, 0.3) is 5.91 Å². The summed E-state index contributed by atoms with van der Waals surface area (Å²) in [7, 11) is 0. The van der Waals surface area contributed by atoms with Crippen LogP contribution in [0, 0.1) is 0 Å². The molecule has 13 heavy (non-hydrogen) atoms. The Morgan fingerprint density at radius 1 is 1.77 bits per heavy atom. The molecular weight excluding hydrogens is 170 g/mol. The van der Waals surface area contributed by atoms with Gasteiger partial charge in [-0.15, -0.1) is 0 Å². The maximum Gasteiger partial charge on any atom is 0.250 e. The van der Waals surface area contributed by atoms with Gasteiger partial charge >= 0.3 is 0 Å². The third-order valence-corrected chi connectivity index (χ3v) is 1.70. The zero-order valence-corrected chi connectivity index (χ0v) is 7.41. The first-order valence-corrected chi connectivity index (χ1v) is 4.00. The summed E-state index contributed by atoms with van der Waals surface area (Å²) in [5.41, 5.74) is 2.06. The molecule has 0 fully saturated rings. The van der Waals surface area contributed by atoms with Crippen LogP contribution in [0.4, 0.5) is 0 Å². The molecule has 0 spiro atoms. The molecule has 0 radical (unpaired) electrons. The van der Waals surface area contributed by atoms with Crippen molar-refractivity contribution in [1.29, 1.82) is 0 Å². The first-order chi connectivity index (χ1) is 6.24. The lowest BCUT2D eigenvalue weighted by Crippen LogP contribution is -2.44. The minimum atomic E-state index is -0.324. The molecule has 0 unspecified atom stereocenters. The predicted molar refractivity (Wildman–Crippen MR) is 47.3 cm³/mol. The zero-order chi connectivity index (χ0) is 9.68. The number of rotatable bonds is 4. The van der Waals surface area contributed by atoms with Crippen LogP contribution >= 0.6 is 0 Å². The standard InChI is InChI=1S/C8H13N3O2/c1-6(8(12)11-9)10-5-7-3-2-4-13-7/h2-4,6,10H,5,9H2,1H3,(H,11,12)/t6-/m1/s1. The van der Waals surface area contributed by atoms with E-state index in [-0.39, 0.29) is 11.9 Å². The molecule has 0 aromatic carbocycles. The second-order valence-corrected chi connectivity index (χ2v) is 2.69. The van der Waals surface area contributed by atoms with E-state index in [1.54, 1.807) is 19.3 Å². The average molecular weight is 183 g/mol. The number of nitrogens with one attached hydrogen (secondary N) is 2. The first-order valence-electron chi connectivity index (χ1n) is 4.00. The molecule has 72 valence electrons. The van der Waals surface area contributed by atoms with E-state index in [1.807, 2.05) is 6.07 Å². The van der Waals surface area contributed by atoms with E-state index >= 15 is 0 Å². The number of hydrogen-bond acceptors (Lipinski definition) is 4. The fraction of sp³-hybridized carbons (Fsp3) is 0.375. The lowest BCUT2D eigenvalue weighted by atomic mass is 10.3. The van der Waals surface area contributed by atoms with Crippen LogP contribution in [0.5, 0.6) is 0 Å². The molecule has 0 bridgehead atoms. The molecule has 1 heterocycles.